The Balaban J connectivity index is 3.71. The van der Waals surface area contributed by atoms with Gasteiger partial charge in [-0.25, -0.2) is 0 Å². The number of amides is 1. The van der Waals surface area contributed by atoms with E-state index < -0.39 is 12.1 Å². The number of aliphatic hydroxyl groups excluding tert-OH is 2. The molecule has 0 spiro atoms. The summed E-state index contributed by atoms with van der Waals surface area (Å²) in [4.78, 5) is 12.4. The minimum atomic E-state index is -0.891. The predicted octanol–water partition coefficient (Wildman–Crippen LogP) is 17.7. The van der Waals surface area contributed by atoms with Gasteiger partial charge in [0.1, 0.15) is 0 Å². The Morgan fingerprint density at radius 1 is 0.391 bits per heavy atom. The lowest BCUT2D eigenvalue weighted by Gasteiger charge is -2.19. The topological polar surface area (TPSA) is 69.6 Å². The molecule has 3 N–H and O–H groups in total. The second-order valence-electron chi connectivity index (χ2n) is 17.6. The van der Waals surface area contributed by atoms with Crippen molar-refractivity contribution in [3.63, 3.8) is 0 Å². The molecule has 0 rings (SSSR count). The van der Waals surface area contributed by atoms with Crippen molar-refractivity contribution in [1.29, 1.82) is 0 Å². The van der Waals surface area contributed by atoms with Crippen LogP contribution in [0.4, 0.5) is 0 Å². The SMILES string of the molecule is CC/C=C\C/C=C\C/C=C\C/C=C\C/C=C\C/C=C\C/C=C\C/C=C\CCCCC(=O)NC(CO)C(O)/C=C/CC/C=C/CCCCCCCCCCCCCCCCCCCCC. The largest absolute Gasteiger partial charge is 0.394 e. The molecule has 2 unspecified atom stereocenters. The van der Waals surface area contributed by atoms with Crippen LogP contribution in [-0.2, 0) is 4.79 Å². The number of carbonyl (C=O) groups excluding carboxylic acids is 1. The van der Waals surface area contributed by atoms with E-state index in [1.807, 2.05) is 6.08 Å². The fourth-order valence-corrected chi connectivity index (χ4v) is 7.39. The number of rotatable bonds is 47. The van der Waals surface area contributed by atoms with Crippen LogP contribution >= 0.6 is 0 Å². The Morgan fingerprint density at radius 2 is 0.703 bits per heavy atom. The molecule has 0 saturated carbocycles. The first-order chi connectivity index (χ1) is 31.7. The van der Waals surface area contributed by atoms with Crippen LogP contribution < -0.4 is 5.32 Å². The number of hydrogen-bond donors (Lipinski definition) is 3. The van der Waals surface area contributed by atoms with E-state index in [0.717, 1.165) is 89.9 Å². The summed E-state index contributed by atoms with van der Waals surface area (Å²) in [7, 11) is 0. The van der Waals surface area contributed by atoms with Crippen LogP contribution in [0, 0.1) is 0 Å². The van der Waals surface area contributed by atoms with E-state index in [2.05, 4.69) is 129 Å². The molecule has 0 aromatic rings. The van der Waals surface area contributed by atoms with Gasteiger partial charge in [0.2, 0.25) is 5.91 Å². The molecule has 0 aromatic heterocycles. The molecule has 0 aliphatic heterocycles. The Labute approximate surface area is 397 Å². The van der Waals surface area contributed by atoms with Crippen molar-refractivity contribution in [3.05, 3.63) is 122 Å². The maximum absolute atomic E-state index is 12.4. The van der Waals surface area contributed by atoms with Gasteiger partial charge in [-0.2, -0.15) is 0 Å². The van der Waals surface area contributed by atoms with Gasteiger partial charge in [0.15, 0.2) is 0 Å². The second kappa shape index (κ2) is 54.1. The number of nitrogens with one attached hydrogen (secondary N) is 1. The van der Waals surface area contributed by atoms with Crippen molar-refractivity contribution in [2.24, 2.45) is 0 Å². The maximum atomic E-state index is 12.4. The molecule has 2 atom stereocenters. The molecule has 0 aliphatic rings. The van der Waals surface area contributed by atoms with Crippen molar-refractivity contribution in [1.82, 2.24) is 5.32 Å². The molecule has 0 radical (unpaired) electrons. The second-order valence-corrected chi connectivity index (χ2v) is 17.6. The predicted molar refractivity (Wildman–Crippen MR) is 285 cm³/mol. The Hall–Kier alpha value is -3.21. The Kier molecular flexibility index (Phi) is 51.4. The third-order valence-electron chi connectivity index (χ3n) is 11.4. The van der Waals surface area contributed by atoms with Crippen molar-refractivity contribution in [2.75, 3.05) is 6.61 Å². The molecule has 0 saturated heterocycles. The molecular formula is C60H101NO3. The highest BCUT2D eigenvalue weighted by atomic mass is 16.3. The normalized spacial score (nSPS) is 13.9. The molecule has 0 fully saturated rings. The molecular weight excluding hydrogens is 783 g/mol. The molecule has 0 bridgehead atoms. The summed E-state index contributed by atoms with van der Waals surface area (Å²) >= 11 is 0. The highest BCUT2D eigenvalue weighted by Crippen LogP contribution is 2.15. The van der Waals surface area contributed by atoms with E-state index in [1.54, 1.807) is 6.08 Å². The first kappa shape index (κ1) is 60.8. The molecule has 0 aliphatic carbocycles. The summed E-state index contributed by atoms with van der Waals surface area (Å²) in [5.74, 6) is -0.120. The van der Waals surface area contributed by atoms with Gasteiger partial charge in [-0.1, -0.05) is 251 Å². The van der Waals surface area contributed by atoms with Crippen LogP contribution in [0.3, 0.4) is 0 Å². The van der Waals surface area contributed by atoms with E-state index in [0.29, 0.717) is 6.42 Å². The summed E-state index contributed by atoms with van der Waals surface area (Å²) in [5.41, 5.74) is 0. The fraction of sp³-hybridized carbons (Fsp3) is 0.650. The van der Waals surface area contributed by atoms with Crippen LogP contribution in [0.2, 0.25) is 0 Å². The molecule has 4 heteroatoms. The van der Waals surface area contributed by atoms with Crippen molar-refractivity contribution < 1.29 is 15.0 Å². The first-order valence-corrected chi connectivity index (χ1v) is 26.7. The van der Waals surface area contributed by atoms with Crippen molar-refractivity contribution >= 4 is 5.91 Å². The van der Waals surface area contributed by atoms with E-state index in [9.17, 15) is 15.0 Å². The first-order valence-electron chi connectivity index (χ1n) is 26.7. The monoisotopic (exact) mass is 884 g/mol. The summed E-state index contributed by atoms with van der Waals surface area (Å²) in [6.07, 6.45) is 83.4. The van der Waals surface area contributed by atoms with Crippen LogP contribution in [0.15, 0.2) is 122 Å². The highest BCUT2D eigenvalue weighted by molar-refractivity contribution is 5.76. The summed E-state index contributed by atoms with van der Waals surface area (Å²) in [6, 6.07) is -0.673. The van der Waals surface area contributed by atoms with Crippen LogP contribution in [0.5, 0.6) is 0 Å². The minimum Gasteiger partial charge on any atom is -0.394 e. The van der Waals surface area contributed by atoms with Gasteiger partial charge in [-0.15, -0.1) is 0 Å². The molecule has 4 nitrogen and oxygen atoms in total. The molecule has 0 aromatic carbocycles. The number of carbonyl (C=O) groups is 1. The fourth-order valence-electron chi connectivity index (χ4n) is 7.39. The summed E-state index contributed by atoms with van der Waals surface area (Å²) in [5, 5.41) is 23.1. The van der Waals surface area contributed by atoms with E-state index in [4.69, 9.17) is 0 Å². The van der Waals surface area contributed by atoms with Crippen molar-refractivity contribution in [2.45, 2.75) is 244 Å². The van der Waals surface area contributed by atoms with Crippen LogP contribution in [-0.4, -0.2) is 34.9 Å². The number of allylic oxidation sites excluding steroid dienone is 19. The zero-order chi connectivity index (χ0) is 46.3. The standard InChI is InChI=1S/C60H101NO3/c1-3-5-7-9-11-13-15-17-19-21-23-25-27-29-30-32-34-36-38-40-42-44-46-48-50-52-54-56-60(64)61-58(57-62)59(63)55-53-51-49-47-45-43-41-39-37-35-33-31-28-26-24-22-20-18-16-14-12-10-8-6-4-2/h5,7,11,13,17,19,23,25,29-30,34,36,40,42,45-48,53,55,58-59,62-63H,3-4,6,8-10,12,14-16,18,20-22,24,26-28,31-33,35,37-39,41,43-44,49-52,54,56-57H2,1-2H3,(H,61,64)/b7-5-,13-11-,19-17-,25-23-,30-29-,36-34-,42-40-,47-45+,48-46-,55-53+. The van der Waals surface area contributed by atoms with Crippen molar-refractivity contribution in [3.8, 4) is 0 Å². The molecule has 64 heavy (non-hydrogen) atoms. The maximum Gasteiger partial charge on any atom is 0.220 e. The quantitative estimate of drug-likeness (QED) is 0.0421. The van der Waals surface area contributed by atoms with E-state index >= 15 is 0 Å². The molecule has 0 heterocycles. The number of aliphatic hydroxyl groups is 2. The molecule has 1 amide bonds. The van der Waals surface area contributed by atoms with Gasteiger partial charge in [0, 0.05) is 6.42 Å². The Morgan fingerprint density at radius 3 is 1.09 bits per heavy atom. The third-order valence-corrected chi connectivity index (χ3v) is 11.4. The van der Waals surface area contributed by atoms with Gasteiger partial charge < -0.3 is 15.5 Å². The van der Waals surface area contributed by atoms with Gasteiger partial charge in [0.25, 0.3) is 0 Å². The molecule has 364 valence electrons. The van der Waals surface area contributed by atoms with E-state index in [-0.39, 0.29) is 12.5 Å². The smallest absolute Gasteiger partial charge is 0.220 e. The van der Waals surface area contributed by atoms with Crippen LogP contribution in [0.25, 0.3) is 0 Å². The number of unbranched alkanes of at least 4 members (excludes halogenated alkanes) is 22. The van der Waals surface area contributed by atoms with Gasteiger partial charge >= 0.3 is 0 Å². The van der Waals surface area contributed by atoms with Gasteiger partial charge in [0.05, 0.1) is 18.8 Å². The highest BCUT2D eigenvalue weighted by Gasteiger charge is 2.17. The summed E-state index contributed by atoms with van der Waals surface area (Å²) in [6.45, 7) is 4.17. The van der Waals surface area contributed by atoms with E-state index in [1.165, 1.54) is 122 Å². The zero-order valence-corrected chi connectivity index (χ0v) is 41.8. The Bertz CT molecular complexity index is 1280. The lowest BCUT2D eigenvalue weighted by molar-refractivity contribution is -0.123. The van der Waals surface area contributed by atoms with Gasteiger partial charge in [-0.3, -0.25) is 4.79 Å². The lowest BCUT2D eigenvalue weighted by atomic mass is 10.0. The zero-order valence-electron chi connectivity index (χ0n) is 41.8. The van der Waals surface area contributed by atoms with Gasteiger partial charge in [-0.05, 0) is 96.3 Å². The summed E-state index contributed by atoms with van der Waals surface area (Å²) < 4.78 is 0. The average molecular weight is 884 g/mol. The minimum absolute atomic E-state index is 0.120. The number of hydrogen-bond acceptors (Lipinski definition) is 3. The average Bonchev–Trinajstić information content (AvgIpc) is 3.30. The van der Waals surface area contributed by atoms with Crippen LogP contribution in [0.1, 0.15) is 232 Å². The third kappa shape index (κ3) is 49.8. The lowest BCUT2D eigenvalue weighted by Crippen LogP contribution is -2.45.